The van der Waals surface area contributed by atoms with Crippen LogP contribution in [-0.2, 0) is 0 Å². The zero-order valence-electron chi connectivity index (χ0n) is 12.9. The number of halogens is 1. The van der Waals surface area contributed by atoms with Crippen LogP contribution < -0.4 is 4.90 Å². The predicted octanol–water partition coefficient (Wildman–Crippen LogP) is 5.24. The van der Waals surface area contributed by atoms with Gasteiger partial charge in [0.1, 0.15) is 5.69 Å². The molecule has 0 aliphatic rings. The summed E-state index contributed by atoms with van der Waals surface area (Å²) in [7, 11) is 3.70. The quantitative estimate of drug-likeness (QED) is 0.603. The fourth-order valence-electron chi connectivity index (χ4n) is 2.09. The number of azo groups is 1. The number of carbonyl (C=O) groups is 1. The van der Waals surface area contributed by atoms with Gasteiger partial charge in [-0.3, -0.25) is 0 Å². The van der Waals surface area contributed by atoms with Gasteiger partial charge in [0.05, 0.1) is 15.8 Å². The summed E-state index contributed by atoms with van der Waals surface area (Å²) in [5.41, 5.74) is 2.03. The van der Waals surface area contributed by atoms with Crippen LogP contribution in [0.5, 0.6) is 0 Å². The van der Waals surface area contributed by atoms with E-state index < -0.39 is 5.97 Å². The third-order valence-electron chi connectivity index (χ3n) is 3.31. The van der Waals surface area contributed by atoms with Gasteiger partial charge in [-0.25, -0.2) is 9.78 Å². The average Bonchev–Trinajstić information content (AvgIpc) is 2.94. The minimum Gasteiger partial charge on any atom is -0.478 e. The van der Waals surface area contributed by atoms with E-state index in [1.807, 2.05) is 37.2 Å². The lowest BCUT2D eigenvalue weighted by Crippen LogP contribution is -2.09. The van der Waals surface area contributed by atoms with Crippen LogP contribution in [0.4, 0.5) is 16.5 Å². The van der Waals surface area contributed by atoms with Gasteiger partial charge in [-0.15, -0.1) is 10.2 Å². The summed E-state index contributed by atoms with van der Waals surface area (Å²) >= 11 is 4.81. The summed E-state index contributed by atoms with van der Waals surface area (Å²) in [5, 5.41) is 18.0. The predicted molar refractivity (Wildman–Crippen MR) is 99.2 cm³/mol. The summed E-state index contributed by atoms with van der Waals surface area (Å²) < 4.78 is 1.95. The topological polar surface area (TPSA) is 78.2 Å². The molecule has 0 amide bonds. The van der Waals surface area contributed by atoms with Crippen molar-refractivity contribution >= 4 is 60.0 Å². The highest BCUT2D eigenvalue weighted by Gasteiger charge is 2.12. The maximum atomic E-state index is 11.4. The number of carboxylic acids is 1. The molecule has 24 heavy (non-hydrogen) atoms. The highest BCUT2D eigenvalue weighted by atomic mass is 79.9. The fourth-order valence-corrected chi connectivity index (χ4v) is 3.43. The lowest BCUT2D eigenvalue weighted by Gasteiger charge is -2.13. The monoisotopic (exact) mass is 404 g/mol. The van der Waals surface area contributed by atoms with E-state index >= 15 is 0 Å². The Balaban J connectivity index is 1.96. The highest BCUT2D eigenvalue weighted by Crippen LogP contribution is 2.32. The third-order valence-corrected chi connectivity index (χ3v) is 4.71. The zero-order valence-corrected chi connectivity index (χ0v) is 15.3. The Labute approximate surface area is 150 Å². The Hall–Kier alpha value is -2.32. The molecule has 6 nitrogen and oxygen atoms in total. The highest BCUT2D eigenvalue weighted by molar-refractivity contribution is 9.10. The molecule has 0 unspecified atom stereocenters. The van der Waals surface area contributed by atoms with E-state index in [1.165, 1.54) is 11.3 Å². The first-order chi connectivity index (χ1) is 11.4. The molecule has 0 aliphatic carbocycles. The first-order valence-electron chi connectivity index (χ1n) is 6.96. The van der Waals surface area contributed by atoms with E-state index in [1.54, 1.807) is 18.2 Å². The maximum Gasteiger partial charge on any atom is 0.338 e. The Morgan fingerprint density at radius 1 is 1.21 bits per heavy atom. The van der Waals surface area contributed by atoms with Gasteiger partial charge >= 0.3 is 5.97 Å². The fraction of sp³-hybridized carbons (Fsp3) is 0.125. The van der Waals surface area contributed by atoms with Crippen LogP contribution in [0.15, 0.2) is 51.1 Å². The zero-order chi connectivity index (χ0) is 17.3. The van der Waals surface area contributed by atoms with Crippen molar-refractivity contribution in [1.82, 2.24) is 4.98 Å². The van der Waals surface area contributed by atoms with Crippen molar-refractivity contribution in [1.29, 1.82) is 0 Å². The standard InChI is InChI=1S/C16H13BrN4O2S/c1-21(2)10-4-6-12(11(8-10)15(22)23)19-20-16-18-13-5-3-9(17)7-14(13)24-16/h3-8H,1-2H3,(H,22,23). The molecule has 0 bridgehead atoms. The number of fused-ring (bicyclic) bond motifs is 1. The molecule has 2 aromatic carbocycles. The summed E-state index contributed by atoms with van der Waals surface area (Å²) in [4.78, 5) is 17.7. The minimum absolute atomic E-state index is 0.105. The Morgan fingerprint density at radius 2 is 2.00 bits per heavy atom. The molecule has 0 saturated carbocycles. The van der Waals surface area contributed by atoms with Crippen molar-refractivity contribution in [2.45, 2.75) is 0 Å². The largest absolute Gasteiger partial charge is 0.478 e. The van der Waals surface area contributed by atoms with Gasteiger partial charge in [0, 0.05) is 24.3 Å². The number of carboxylic acid groups (broad SMARTS) is 1. The van der Waals surface area contributed by atoms with Crippen LogP contribution in [0.3, 0.4) is 0 Å². The van der Waals surface area contributed by atoms with Gasteiger partial charge in [-0.1, -0.05) is 27.3 Å². The summed E-state index contributed by atoms with van der Waals surface area (Å²) in [6.45, 7) is 0. The van der Waals surface area contributed by atoms with Crippen LogP contribution in [0, 0.1) is 0 Å². The number of thiazole rings is 1. The van der Waals surface area contributed by atoms with E-state index in [9.17, 15) is 9.90 Å². The number of anilines is 1. The van der Waals surface area contributed by atoms with Crippen molar-refractivity contribution in [2.24, 2.45) is 10.2 Å². The van der Waals surface area contributed by atoms with Gasteiger partial charge in [0.15, 0.2) is 0 Å². The summed E-state index contributed by atoms with van der Waals surface area (Å²) in [6, 6.07) is 10.8. The molecular formula is C16H13BrN4O2S. The van der Waals surface area contributed by atoms with Crippen LogP contribution >= 0.6 is 27.3 Å². The van der Waals surface area contributed by atoms with E-state index in [0.717, 1.165) is 20.4 Å². The van der Waals surface area contributed by atoms with Gasteiger partial charge < -0.3 is 10.0 Å². The number of aromatic nitrogens is 1. The molecule has 0 fully saturated rings. The molecule has 0 atom stereocenters. The third kappa shape index (κ3) is 3.44. The van der Waals surface area contributed by atoms with Crippen molar-refractivity contribution in [3.63, 3.8) is 0 Å². The Bertz CT molecular complexity index is 952. The smallest absolute Gasteiger partial charge is 0.338 e. The van der Waals surface area contributed by atoms with Gasteiger partial charge in [-0.05, 0) is 36.4 Å². The minimum atomic E-state index is -1.04. The van der Waals surface area contributed by atoms with E-state index in [0.29, 0.717) is 10.8 Å². The molecule has 0 aliphatic heterocycles. The number of rotatable bonds is 4. The molecule has 0 saturated heterocycles. The number of hydrogen-bond acceptors (Lipinski definition) is 6. The Kier molecular flexibility index (Phi) is 4.59. The van der Waals surface area contributed by atoms with Crippen LogP contribution in [-0.4, -0.2) is 30.2 Å². The van der Waals surface area contributed by atoms with Crippen molar-refractivity contribution < 1.29 is 9.90 Å². The Morgan fingerprint density at radius 3 is 2.71 bits per heavy atom. The second kappa shape index (κ2) is 6.66. The molecule has 122 valence electrons. The molecule has 1 N–H and O–H groups in total. The molecule has 0 spiro atoms. The number of aromatic carboxylic acids is 1. The van der Waals surface area contributed by atoms with Crippen molar-refractivity contribution in [3.05, 3.63) is 46.4 Å². The second-order valence-corrected chi connectivity index (χ2v) is 7.13. The van der Waals surface area contributed by atoms with Crippen LogP contribution in [0.2, 0.25) is 0 Å². The average molecular weight is 405 g/mol. The van der Waals surface area contributed by atoms with E-state index in [4.69, 9.17) is 0 Å². The maximum absolute atomic E-state index is 11.4. The molecule has 3 rings (SSSR count). The van der Waals surface area contributed by atoms with Crippen LogP contribution in [0.25, 0.3) is 10.2 Å². The first kappa shape index (κ1) is 16.5. The molecule has 0 radical (unpaired) electrons. The summed E-state index contributed by atoms with van der Waals surface area (Å²) in [5.74, 6) is -1.04. The van der Waals surface area contributed by atoms with Gasteiger partial charge in [0.2, 0.25) is 5.13 Å². The molecule has 1 aromatic heterocycles. The van der Waals surface area contributed by atoms with Crippen molar-refractivity contribution in [2.75, 3.05) is 19.0 Å². The van der Waals surface area contributed by atoms with E-state index in [2.05, 4.69) is 31.1 Å². The normalized spacial score (nSPS) is 11.3. The molecular weight excluding hydrogens is 392 g/mol. The SMILES string of the molecule is CN(C)c1ccc(N=Nc2nc3ccc(Br)cc3s2)c(C(=O)O)c1. The first-order valence-corrected chi connectivity index (χ1v) is 8.57. The number of nitrogens with zero attached hydrogens (tertiary/aromatic N) is 4. The van der Waals surface area contributed by atoms with Gasteiger partial charge in [-0.2, -0.15) is 0 Å². The summed E-state index contributed by atoms with van der Waals surface area (Å²) in [6.07, 6.45) is 0. The molecule has 1 heterocycles. The number of benzene rings is 2. The number of hydrogen-bond donors (Lipinski definition) is 1. The van der Waals surface area contributed by atoms with Crippen molar-refractivity contribution in [3.8, 4) is 0 Å². The lowest BCUT2D eigenvalue weighted by atomic mass is 10.1. The molecule has 8 heteroatoms. The van der Waals surface area contributed by atoms with Crippen LogP contribution in [0.1, 0.15) is 10.4 Å². The second-order valence-electron chi connectivity index (χ2n) is 5.21. The molecule has 3 aromatic rings. The lowest BCUT2D eigenvalue weighted by molar-refractivity contribution is 0.0698. The van der Waals surface area contributed by atoms with Gasteiger partial charge in [0.25, 0.3) is 0 Å². The van der Waals surface area contributed by atoms with E-state index in [-0.39, 0.29) is 5.56 Å².